The minimum absolute atomic E-state index is 0.0475. The fourth-order valence-corrected chi connectivity index (χ4v) is 2.13. The normalized spacial score (nSPS) is 37.2. The second-order valence-corrected chi connectivity index (χ2v) is 4.12. The van der Waals surface area contributed by atoms with Crippen molar-refractivity contribution in [3.63, 3.8) is 0 Å². The highest BCUT2D eigenvalue weighted by atomic mass is 16.5. The summed E-state index contributed by atoms with van der Waals surface area (Å²) in [6.07, 6.45) is 4.27. The van der Waals surface area contributed by atoms with Crippen LogP contribution in [0.15, 0.2) is 0 Å². The molecule has 0 aromatic rings. The Bertz CT molecular complexity index is 145. The first-order chi connectivity index (χ1) is 5.61. The summed E-state index contributed by atoms with van der Waals surface area (Å²) in [5.41, 5.74) is -0.576. The van der Waals surface area contributed by atoms with Crippen LogP contribution in [-0.2, 0) is 4.74 Å². The highest BCUT2D eigenvalue weighted by Crippen LogP contribution is 2.35. The van der Waals surface area contributed by atoms with Gasteiger partial charge in [0.1, 0.15) is 0 Å². The molecule has 2 heteroatoms. The minimum atomic E-state index is -0.576. The Kier molecular flexibility index (Phi) is 3.13. The molecule has 2 unspecified atom stereocenters. The van der Waals surface area contributed by atoms with Crippen LogP contribution in [0.3, 0.4) is 0 Å². The van der Waals surface area contributed by atoms with Crippen molar-refractivity contribution >= 4 is 0 Å². The molecule has 12 heavy (non-hydrogen) atoms. The van der Waals surface area contributed by atoms with Crippen LogP contribution in [0.25, 0.3) is 0 Å². The third-order valence-electron chi connectivity index (χ3n) is 3.14. The van der Waals surface area contributed by atoms with E-state index in [4.69, 9.17) is 4.74 Å². The smallest absolute Gasteiger partial charge is 0.0930 e. The van der Waals surface area contributed by atoms with E-state index in [0.717, 1.165) is 19.3 Å². The van der Waals surface area contributed by atoms with Gasteiger partial charge in [0, 0.05) is 7.11 Å². The molecule has 1 saturated carbocycles. The Morgan fingerprint density at radius 3 is 2.50 bits per heavy atom. The molecule has 1 fully saturated rings. The van der Waals surface area contributed by atoms with Crippen LogP contribution in [0.5, 0.6) is 0 Å². The van der Waals surface area contributed by atoms with E-state index in [2.05, 4.69) is 13.8 Å². The number of rotatable bonds is 2. The van der Waals surface area contributed by atoms with E-state index in [0.29, 0.717) is 5.92 Å². The van der Waals surface area contributed by atoms with Gasteiger partial charge in [0.15, 0.2) is 0 Å². The molecule has 1 aliphatic rings. The number of hydrogen-bond acceptors (Lipinski definition) is 2. The van der Waals surface area contributed by atoms with Crippen LogP contribution >= 0.6 is 0 Å². The lowest BCUT2D eigenvalue weighted by molar-refractivity contribution is -0.142. The van der Waals surface area contributed by atoms with Gasteiger partial charge in [0.25, 0.3) is 0 Å². The van der Waals surface area contributed by atoms with Crippen molar-refractivity contribution in [2.45, 2.75) is 51.2 Å². The molecule has 0 radical (unpaired) electrons. The van der Waals surface area contributed by atoms with Gasteiger partial charge in [-0.25, -0.2) is 0 Å². The van der Waals surface area contributed by atoms with Crippen LogP contribution < -0.4 is 0 Å². The quantitative estimate of drug-likeness (QED) is 0.690. The molecule has 0 aliphatic heterocycles. The summed E-state index contributed by atoms with van der Waals surface area (Å²) in [6, 6.07) is 0. The van der Waals surface area contributed by atoms with Gasteiger partial charge in [0.05, 0.1) is 11.7 Å². The van der Waals surface area contributed by atoms with Crippen LogP contribution in [0, 0.1) is 5.92 Å². The zero-order valence-corrected chi connectivity index (χ0v) is 8.34. The second-order valence-electron chi connectivity index (χ2n) is 4.12. The average Bonchev–Trinajstić information content (AvgIpc) is 2.05. The Hall–Kier alpha value is -0.0800. The van der Waals surface area contributed by atoms with E-state index >= 15 is 0 Å². The zero-order chi connectivity index (χ0) is 9.19. The summed E-state index contributed by atoms with van der Waals surface area (Å²) >= 11 is 0. The monoisotopic (exact) mass is 172 g/mol. The summed E-state index contributed by atoms with van der Waals surface area (Å²) in [5, 5.41) is 10.3. The Morgan fingerprint density at radius 2 is 2.08 bits per heavy atom. The van der Waals surface area contributed by atoms with Crippen LogP contribution in [0.2, 0.25) is 0 Å². The van der Waals surface area contributed by atoms with E-state index in [-0.39, 0.29) is 6.10 Å². The van der Waals surface area contributed by atoms with Crippen LogP contribution in [0.4, 0.5) is 0 Å². The molecule has 1 aliphatic carbocycles. The molecule has 1 N–H and O–H groups in total. The standard InChI is InChI=1S/C10H20O2/c1-8(2)10(11)7-5-4-6-9(10)12-3/h8-9,11H,4-7H2,1-3H3. The van der Waals surface area contributed by atoms with Gasteiger partial charge in [-0.15, -0.1) is 0 Å². The molecule has 0 spiro atoms. The lowest BCUT2D eigenvalue weighted by atomic mass is 9.75. The number of ether oxygens (including phenoxy) is 1. The molecule has 1 rings (SSSR count). The van der Waals surface area contributed by atoms with Crippen molar-refractivity contribution in [1.82, 2.24) is 0 Å². The van der Waals surface area contributed by atoms with Crippen molar-refractivity contribution in [3.8, 4) is 0 Å². The Labute approximate surface area is 74.9 Å². The van der Waals surface area contributed by atoms with Gasteiger partial charge in [0.2, 0.25) is 0 Å². The molecule has 72 valence electrons. The molecule has 2 nitrogen and oxygen atoms in total. The lowest BCUT2D eigenvalue weighted by Crippen LogP contribution is -2.49. The van der Waals surface area contributed by atoms with Crippen molar-refractivity contribution in [3.05, 3.63) is 0 Å². The van der Waals surface area contributed by atoms with Gasteiger partial charge in [-0.3, -0.25) is 0 Å². The fourth-order valence-electron chi connectivity index (χ4n) is 2.13. The number of methoxy groups -OCH3 is 1. The maximum Gasteiger partial charge on any atom is 0.0930 e. The van der Waals surface area contributed by atoms with E-state index in [9.17, 15) is 5.11 Å². The first-order valence-electron chi connectivity index (χ1n) is 4.86. The third-order valence-corrected chi connectivity index (χ3v) is 3.14. The molecule has 0 saturated heterocycles. The van der Waals surface area contributed by atoms with E-state index in [1.165, 1.54) is 6.42 Å². The summed E-state index contributed by atoms with van der Waals surface area (Å²) in [6.45, 7) is 4.13. The summed E-state index contributed by atoms with van der Waals surface area (Å²) in [4.78, 5) is 0. The predicted octanol–water partition coefficient (Wildman–Crippen LogP) is 1.96. The molecule has 0 aromatic heterocycles. The molecule has 2 atom stereocenters. The molecule has 0 aromatic carbocycles. The minimum Gasteiger partial charge on any atom is -0.387 e. The lowest BCUT2D eigenvalue weighted by Gasteiger charge is -2.42. The number of aliphatic hydroxyl groups is 1. The van der Waals surface area contributed by atoms with E-state index in [1.807, 2.05) is 0 Å². The summed E-state index contributed by atoms with van der Waals surface area (Å²) in [5.74, 6) is 0.294. The van der Waals surface area contributed by atoms with E-state index in [1.54, 1.807) is 7.11 Å². The van der Waals surface area contributed by atoms with Crippen molar-refractivity contribution < 1.29 is 9.84 Å². The zero-order valence-electron chi connectivity index (χ0n) is 8.34. The fraction of sp³-hybridized carbons (Fsp3) is 1.00. The van der Waals surface area contributed by atoms with Gasteiger partial charge in [-0.1, -0.05) is 26.7 Å². The van der Waals surface area contributed by atoms with Crippen LogP contribution in [0.1, 0.15) is 39.5 Å². The SMILES string of the molecule is COC1CCCCC1(O)C(C)C. The predicted molar refractivity (Wildman–Crippen MR) is 49.1 cm³/mol. The van der Waals surface area contributed by atoms with E-state index < -0.39 is 5.60 Å². The van der Waals surface area contributed by atoms with Crippen molar-refractivity contribution in [1.29, 1.82) is 0 Å². The molecule has 0 amide bonds. The Balaban J connectivity index is 2.68. The Morgan fingerprint density at radius 1 is 1.42 bits per heavy atom. The topological polar surface area (TPSA) is 29.5 Å². The van der Waals surface area contributed by atoms with Gasteiger partial charge in [-0.2, -0.15) is 0 Å². The van der Waals surface area contributed by atoms with Gasteiger partial charge < -0.3 is 9.84 Å². The summed E-state index contributed by atoms with van der Waals surface area (Å²) in [7, 11) is 1.70. The largest absolute Gasteiger partial charge is 0.387 e. The molecule has 0 heterocycles. The first-order valence-corrected chi connectivity index (χ1v) is 4.86. The van der Waals surface area contributed by atoms with Gasteiger partial charge >= 0.3 is 0 Å². The maximum absolute atomic E-state index is 10.3. The molecular weight excluding hydrogens is 152 g/mol. The van der Waals surface area contributed by atoms with Gasteiger partial charge in [-0.05, 0) is 18.8 Å². The average molecular weight is 172 g/mol. The second kappa shape index (κ2) is 3.75. The van der Waals surface area contributed by atoms with Crippen molar-refractivity contribution in [2.24, 2.45) is 5.92 Å². The molecule has 0 bridgehead atoms. The third kappa shape index (κ3) is 1.64. The first kappa shape index (κ1) is 10.0. The molecular formula is C10H20O2. The van der Waals surface area contributed by atoms with Crippen molar-refractivity contribution in [2.75, 3.05) is 7.11 Å². The van der Waals surface area contributed by atoms with Crippen LogP contribution in [-0.4, -0.2) is 23.9 Å². The summed E-state index contributed by atoms with van der Waals surface area (Å²) < 4.78 is 5.32. The highest BCUT2D eigenvalue weighted by Gasteiger charge is 2.41. The number of hydrogen-bond donors (Lipinski definition) is 1. The highest BCUT2D eigenvalue weighted by molar-refractivity contribution is 4.93. The maximum atomic E-state index is 10.3.